The van der Waals surface area contributed by atoms with E-state index in [4.69, 9.17) is 10.7 Å². The number of carbonyl (C=O) groups excluding carboxylic acids is 1. The molecule has 0 bridgehead atoms. The molecule has 7 heteroatoms. The van der Waals surface area contributed by atoms with E-state index in [1.54, 1.807) is 6.92 Å². The molecule has 0 saturated carbocycles. The summed E-state index contributed by atoms with van der Waals surface area (Å²) < 4.78 is 36.1. The predicted molar refractivity (Wildman–Crippen MR) is 71.4 cm³/mol. The molecule has 1 unspecified atom stereocenters. The Bertz CT molecular complexity index is 601. The van der Waals surface area contributed by atoms with E-state index >= 15 is 0 Å². The van der Waals surface area contributed by atoms with Gasteiger partial charge >= 0.3 is 0 Å². The van der Waals surface area contributed by atoms with E-state index in [-0.39, 0.29) is 22.1 Å². The molecule has 1 aromatic carbocycles. The van der Waals surface area contributed by atoms with Crippen LogP contribution in [-0.2, 0) is 9.05 Å². The standard InChI is InChI=1S/C12H15ClFNO3S/c1-4-7(2)15-12(16)10-5-9(14)6-11(8(10)3)19(13,17)18/h5-7H,4H2,1-3H3,(H,15,16). The lowest BCUT2D eigenvalue weighted by Crippen LogP contribution is -2.32. The van der Waals surface area contributed by atoms with Crippen LogP contribution in [-0.4, -0.2) is 20.4 Å². The predicted octanol–water partition coefficient (Wildman–Crippen LogP) is 2.59. The molecule has 1 atom stereocenters. The van der Waals surface area contributed by atoms with Crippen molar-refractivity contribution in [1.29, 1.82) is 0 Å². The molecular weight excluding hydrogens is 293 g/mol. The molecular formula is C12H15ClFNO3S. The van der Waals surface area contributed by atoms with Gasteiger partial charge in [0.15, 0.2) is 0 Å². The number of rotatable bonds is 4. The second kappa shape index (κ2) is 5.88. The molecule has 0 saturated heterocycles. The van der Waals surface area contributed by atoms with Crippen LogP contribution in [0.15, 0.2) is 17.0 Å². The van der Waals surface area contributed by atoms with Crippen molar-refractivity contribution >= 4 is 25.6 Å². The van der Waals surface area contributed by atoms with Crippen LogP contribution >= 0.6 is 10.7 Å². The van der Waals surface area contributed by atoms with Crippen molar-refractivity contribution in [3.05, 3.63) is 29.1 Å². The van der Waals surface area contributed by atoms with Gasteiger partial charge in [-0.3, -0.25) is 4.79 Å². The van der Waals surface area contributed by atoms with Gasteiger partial charge in [0.2, 0.25) is 0 Å². The van der Waals surface area contributed by atoms with Crippen LogP contribution in [0.25, 0.3) is 0 Å². The molecule has 0 aliphatic heterocycles. The molecule has 0 aromatic heterocycles. The lowest BCUT2D eigenvalue weighted by Gasteiger charge is -2.14. The lowest BCUT2D eigenvalue weighted by atomic mass is 10.1. The van der Waals surface area contributed by atoms with E-state index < -0.39 is 20.8 Å². The number of hydrogen-bond acceptors (Lipinski definition) is 3. The first kappa shape index (κ1) is 15.9. The molecule has 19 heavy (non-hydrogen) atoms. The Morgan fingerprint density at radius 1 is 1.47 bits per heavy atom. The normalized spacial score (nSPS) is 13.1. The van der Waals surface area contributed by atoms with Crippen molar-refractivity contribution in [2.24, 2.45) is 0 Å². The topological polar surface area (TPSA) is 63.2 Å². The van der Waals surface area contributed by atoms with Gasteiger partial charge in [0.05, 0.1) is 4.90 Å². The van der Waals surface area contributed by atoms with Gasteiger partial charge in [0.25, 0.3) is 15.0 Å². The molecule has 0 aliphatic rings. The smallest absolute Gasteiger partial charge is 0.261 e. The van der Waals surface area contributed by atoms with Gasteiger partial charge in [0.1, 0.15) is 5.82 Å². The summed E-state index contributed by atoms with van der Waals surface area (Å²) >= 11 is 0. The van der Waals surface area contributed by atoms with E-state index in [9.17, 15) is 17.6 Å². The summed E-state index contributed by atoms with van der Waals surface area (Å²) in [5.41, 5.74) is 0.108. The van der Waals surface area contributed by atoms with Crippen LogP contribution in [0.3, 0.4) is 0 Å². The van der Waals surface area contributed by atoms with E-state index in [1.807, 2.05) is 6.92 Å². The Hall–Kier alpha value is -1.14. The summed E-state index contributed by atoms with van der Waals surface area (Å²) in [5, 5.41) is 2.65. The third-order valence-corrected chi connectivity index (χ3v) is 4.27. The summed E-state index contributed by atoms with van der Waals surface area (Å²) in [6.45, 7) is 5.10. The second-order valence-electron chi connectivity index (χ2n) is 4.30. The zero-order chi connectivity index (χ0) is 14.8. The van der Waals surface area contributed by atoms with E-state index in [1.165, 1.54) is 6.92 Å². The minimum absolute atomic E-state index is 0.0282. The monoisotopic (exact) mass is 307 g/mol. The molecule has 0 radical (unpaired) electrons. The second-order valence-corrected chi connectivity index (χ2v) is 6.83. The third-order valence-electron chi connectivity index (χ3n) is 2.82. The SMILES string of the molecule is CCC(C)NC(=O)c1cc(F)cc(S(=O)(=O)Cl)c1C. The summed E-state index contributed by atoms with van der Waals surface area (Å²) in [4.78, 5) is 11.6. The largest absolute Gasteiger partial charge is 0.350 e. The van der Waals surface area contributed by atoms with Gasteiger partial charge in [-0.2, -0.15) is 0 Å². The molecule has 0 aliphatic carbocycles. The molecule has 106 valence electrons. The molecule has 1 N–H and O–H groups in total. The minimum Gasteiger partial charge on any atom is -0.350 e. The van der Waals surface area contributed by atoms with Gasteiger partial charge in [-0.1, -0.05) is 6.92 Å². The zero-order valence-corrected chi connectivity index (χ0v) is 12.4. The van der Waals surface area contributed by atoms with Gasteiger partial charge in [-0.15, -0.1) is 0 Å². The third kappa shape index (κ3) is 3.91. The Morgan fingerprint density at radius 3 is 2.53 bits per heavy atom. The van der Waals surface area contributed by atoms with Crippen LogP contribution < -0.4 is 5.32 Å². The van der Waals surface area contributed by atoms with Crippen molar-refractivity contribution in [3.63, 3.8) is 0 Å². The molecule has 1 amide bonds. The maximum Gasteiger partial charge on any atom is 0.261 e. The number of amides is 1. The van der Waals surface area contributed by atoms with Gasteiger partial charge in [0, 0.05) is 22.3 Å². The maximum absolute atomic E-state index is 13.4. The summed E-state index contributed by atoms with van der Waals surface area (Å²) in [5.74, 6) is -1.34. The van der Waals surface area contributed by atoms with Crippen molar-refractivity contribution in [1.82, 2.24) is 5.32 Å². The average molecular weight is 308 g/mol. The average Bonchev–Trinajstić information content (AvgIpc) is 2.29. The Kier molecular flexibility index (Phi) is 4.92. The van der Waals surface area contributed by atoms with Crippen molar-refractivity contribution in [3.8, 4) is 0 Å². The van der Waals surface area contributed by atoms with Crippen LogP contribution in [0.1, 0.15) is 36.2 Å². The Balaban J connectivity index is 3.30. The van der Waals surface area contributed by atoms with Gasteiger partial charge in [-0.05, 0) is 38.0 Å². The summed E-state index contributed by atoms with van der Waals surface area (Å²) in [6, 6.07) is 1.71. The van der Waals surface area contributed by atoms with Crippen molar-refractivity contribution in [2.45, 2.75) is 38.1 Å². The van der Waals surface area contributed by atoms with Crippen LogP contribution in [0.2, 0.25) is 0 Å². The fourth-order valence-corrected chi connectivity index (χ4v) is 2.76. The minimum atomic E-state index is -4.09. The summed E-state index contributed by atoms with van der Waals surface area (Å²) in [6.07, 6.45) is 0.709. The molecule has 4 nitrogen and oxygen atoms in total. The van der Waals surface area contributed by atoms with Gasteiger partial charge in [-0.25, -0.2) is 12.8 Å². The van der Waals surface area contributed by atoms with E-state index in [0.717, 1.165) is 12.1 Å². The summed E-state index contributed by atoms with van der Waals surface area (Å²) in [7, 11) is 1.13. The lowest BCUT2D eigenvalue weighted by molar-refractivity contribution is 0.0938. The van der Waals surface area contributed by atoms with Crippen LogP contribution in [0.4, 0.5) is 4.39 Å². The highest BCUT2D eigenvalue weighted by Crippen LogP contribution is 2.24. The van der Waals surface area contributed by atoms with Crippen molar-refractivity contribution < 1.29 is 17.6 Å². The number of nitrogens with one attached hydrogen (secondary N) is 1. The first-order chi connectivity index (χ1) is 8.66. The molecule has 0 fully saturated rings. The van der Waals surface area contributed by atoms with E-state index in [2.05, 4.69) is 5.32 Å². The molecule has 0 heterocycles. The highest BCUT2D eigenvalue weighted by atomic mass is 35.7. The molecule has 1 aromatic rings. The van der Waals surface area contributed by atoms with Crippen molar-refractivity contribution in [2.75, 3.05) is 0 Å². The molecule has 1 rings (SSSR count). The fourth-order valence-electron chi connectivity index (χ4n) is 1.55. The highest BCUT2D eigenvalue weighted by molar-refractivity contribution is 8.13. The highest BCUT2D eigenvalue weighted by Gasteiger charge is 2.21. The van der Waals surface area contributed by atoms with Crippen LogP contribution in [0.5, 0.6) is 0 Å². The van der Waals surface area contributed by atoms with Gasteiger partial charge < -0.3 is 5.32 Å². The Labute approximate surface area is 116 Å². The number of hydrogen-bond donors (Lipinski definition) is 1. The fraction of sp³-hybridized carbons (Fsp3) is 0.417. The number of benzene rings is 1. The van der Waals surface area contributed by atoms with E-state index in [0.29, 0.717) is 6.42 Å². The first-order valence-electron chi connectivity index (χ1n) is 5.72. The Morgan fingerprint density at radius 2 is 2.05 bits per heavy atom. The molecule has 0 spiro atoms. The first-order valence-corrected chi connectivity index (χ1v) is 8.03. The maximum atomic E-state index is 13.4. The zero-order valence-electron chi connectivity index (χ0n) is 10.8. The number of halogens is 2. The quantitative estimate of drug-likeness (QED) is 0.870. The van der Waals surface area contributed by atoms with Crippen LogP contribution in [0, 0.1) is 12.7 Å². The number of carbonyl (C=O) groups is 1.